The number of nitrogens with two attached hydrogens (primary N) is 1. The van der Waals surface area contributed by atoms with Crippen molar-refractivity contribution in [3.8, 4) is 11.5 Å². The third-order valence-electron chi connectivity index (χ3n) is 2.84. The predicted molar refractivity (Wildman–Crippen MR) is 68.9 cm³/mol. The van der Waals surface area contributed by atoms with Crippen LogP contribution in [0.3, 0.4) is 0 Å². The zero-order valence-corrected chi connectivity index (χ0v) is 9.79. The van der Waals surface area contributed by atoms with Gasteiger partial charge in [0.05, 0.1) is 12.0 Å². The summed E-state index contributed by atoms with van der Waals surface area (Å²) >= 11 is 6.00. The van der Waals surface area contributed by atoms with Gasteiger partial charge < -0.3 is 15.1 Å². The van der Waals surface area contributed by atoms with Crippen LogP contribution in [0.4, 0.5) is 0 Å². The number of rotatable bonds is 2. The number of H-pyrrole nitrogens is 1. The maximum absolute atomic E-state index is 6.00. The number of aromatic nitrogens is 1. The molecule has 3 N–H and O–H groups in total. The van der Waals surface area contributed by atoms with Gasteiger partial charge in [0.25, 0.3) is 0 Å². The van der Waals surface area contributed by atoms with E-state index in [1.54, 1.807) is 6.26 Å². The molecular weight excluding hydrogens is 236 g/mol. The van der Waals surface area contributed by atoms with Gasteiger partial charge in [-0.25, -0.2) is 0 Å². The van der Waals surface area contributed by atoms with Gasteiger partial charge in [0.1, 0.15) is 5.76 Å². The van der Waals surface area contributed by atoms with Gasteiger partial charge in [0.2, 0.25) is 0 Å². The topological polar surface area (TPSA) is 54.9 Å². The normalized spacial score (nSPS) is 11.2. The van der Waals surface area contributed by atoms with E-state index in [0.29, 0.717) is 11.6 Å². The van der Waals surface area contributed by atoms with E-state index in [1.165, 1.54) is 0 Å². The highest BCUT2D eigenvalue weighted by Gasteiger charge is 2.13. The Bertz CT molecular complexity index is 655. The number of furan rings is 1. The van der Waals surface area contributed by atoms with Crippen molar-refractivity contribution in [1.82, 2.24) is 4.98 Å². The summed E-state index contributed by atoms with van der Waals surface area (Å²) in [6.45, 7) is 0.441. The van der Waals surface area contributed by atoms with Gasteiger partial charge in [-0.1, -0.05) is 11.6 Å². The SMILES string of the molecule is NCc1c(-c2ccco2)[nH]c2ccc(Cl)cc12. The number of fused-ring (bicyclic) bond motifs is 1. The first-order valence-electron chi connectivity index (χ1n) is 5.33. The minimum atomic E-state index is 0.441. The number of hydrogen-bond donors (Lipinski definition) is 2. The summed E-state index contributed by atoms with van der Waals surface area (Å²) in [6.07, 6.45) is 1.65. The number of benzene rings is 1. The van der Waals surface area contributed by atoms with E-state index in [1.807, 2.05) is 30.3 Å². The Morgan fingerprint density at radius 3 is 2.88 bits per heavy atom. The highest BCUT2D eigenvalue weighted by Crippen LogP contribution is 2.31. The molecule has 4 heteroatoms. The fourth-order valence-electron chi connectivity index (χ4n) is 2.06. The zero-order chi connectivity index (χ0) is 11.8. The molecule has 3 rings (SSSR count). The Morgan fingerprint density at radius 2 is 2.18 bits per heavy atom. The minimum Gasteiger partial charge on any atom is -0.463 e. The van der Waals surface area contributed by atoms with Crippen molar-refractivity contribution in [3.05, 3.63) is 47.2 Å². The maximum atomic E-state index is 6.00. The summed E-state index contributed by atoms with van der Waals surface area (Å²) in [5, 5.41) is 1.75. The number of nitrogens with one attached hydrogen (secondary N) is 1. The first kappa shape index (κ1) is 10.4. The van der Waals surface area contributed by atoms with E-state index in [9.17, 15) is 0 Å². The van der Waals surface area contributed by atoms with Crippen LogP contribution in [-0.4, -0.2) is 4.98 Å². The van der Waals surface area contributed by atoms with Crippen LogP contribution in [-0.2, 0) is 6.54 Å². The van der Waals surface area contributed by atoms with Crippen molar-refractivity contribution < 1.29 is 4.42 Å². The lowest BCUT2D eigenvalue weighted by atomic mass is 10.1. The molecule has 0 aliphatic carbocycles. The van der Waals surface area contributed by atoms with Gasteiger partial charge >= 0.3 is 0 Å². The van der Waals surface area contributed by atoms with Crippen molar-refractivity contribution >= 4 is 22.5 Å². The second kappa shape index (κ2) is 3.95. The Morgan fingerprint density at radius 1 is 1.29 bits per heavy atom. The molecule has 0 fully saturated rings. The molecule has 2 aromatic heterocycles. The van der Waals surface area contributed by atoms with Crippen LogP contribution in [0, 0.1) is 0 Å². The van der Waals surface area contributed by atoms with Crippen molar-refractivity contribution in [2.24, 2.45) is 5.73 Å². The Labute approximate surface area is 103 Å². The second-order valence-corrected chi connectivity index (χ2v) is 4.29. The molecule has 0 saturated carbocycles. The van der Waals surface area contributed by atoms with E-state index in [-0.39, 0.29) is 0 Å². The molecule has 0 unspecified atom stereocenters. The molecule has 86 valence electrons. The van der Waals surface area contributed by atoms with Crippen molar-refractivity contribution in [1.29, 1.82) is 0 Å². The first-order chi connectivity index (χ1) is 8.29. The molecule has 0 bridgehead atoms. The van der Waals surface area contributed by atoms with Crippen LogP contribution < -0.4 is 5.73 Å². The standard InChI is InChI=1S/C13H11ClN2O/c14-8-3-4-11-9(6-8)10(7-15)13(16-11)12-2-1-5-17-12/h1-6,16H,7,15H2. The molecule has 0 aliphatic heterocycles. The van der Waals surface area contributed by atoms with E-state index in [2.05, 4.69) is 4.98 Å². The molecule has 0 amide bonds. The van der Waals surface area contributed by atoms with Crippen LogP contribution >= 0.6 is 11.6 Å². The summed E-state index contributed by atoms with van der Waals surface area (Å²) < 4.78 is 5.40. The van der Waals surface area contributed by atoms with E-state index < -0.39 is 0 Å². The maximum Gasteiger partial charge on any atom is 0.150 e. The van der Waals surface area contributed by atoms with Gasteiger partial charge in [0, 0.05) is 28.0 Å². The van der Waals surface area contributed by atoms with E-state index >= 15 is 0 Å². The van der Waals surface area contributed by atoms with E-state index in [4.69, 9.17) is 21.8 Å². The van der Waals surface area contributed by atoms with E-state index in [0.717, 1.165) is 27.9 Å². The molecule has 0 atom stereocenters. The van der Waals surface area contributed by atoms with Gasteiger partial charge in [-0.2, -0.15) is 0 Å². The first-order valence-corrected chi connectivity index (χ1v) is 5.71. The largest absolute Gasteiger partial charge is 0.463 e. The molecule has 3 nitrogen and oxygen atoms in total. The highest BCUT2D eigenvalue weighted by molar-refractivity contribution is 6.31. The molecule has 3 aromatic rings. The van der Waals surface area contributed by atoms with Gasteiger partial charge in [0.15, 0.2) is 0 Å². The van der Waals surface area contributed by atoms with Gasteiger partial charge in [-0.15, -0.1) is 0 Å². The summed E-state index contributed by atoms with van der Waals surface area (Å²) in [6, 6.07) is 9.48. The average molecular weight is 247 g/mol. The molecule has 0 radical (unpaired) electrons. The number of hydrogen-bond acceptors (Lipinski definition) is 2. The fraction of sp³-hybridized carbons (Fsp3) is 0.0769. The zero-order valence-electron chi connectivity index (χ0n) is 9.03. The van der Waals surface area contributed by atoms with Crippen LogP contribution in [0.15, 0.2) is 41.0 Å². The summed E-state index contributed by atoms with van der Waals surface area (Å²) in [4.78, 5) is 3.31. The van der Waals surface area contributed by atoms with Gasteiger partial charge in [-0.05, 0) is 30.3 Å². The third-order valence-corrected chi connectivity index (χ3v) is 3.07. The lowest BCUT2D eigenvalue weighted by molar-refractivity contribution is 0.580. The molecule has 0 spiro atoms. The van der Waals surface area contributed by atoms with Crippen molar-refractivity contribution in [2.45, 2.75) is 6.54 Å². The van der Waals surface area contributed by atoms with Crippen LogP contribution in [0.2, 0.25) is 5.02 Å². The Kier molecular flexibility index (Phi) is 2.42. The smallest absolute Gasteiger partial charge is 0.150 e. The quantitative estimate of drug-likeness (QED) is 0.727. The summed E-state index contributed by atoms with van der Waals surface area (Å²) in [5.41, 5.74) is 8.78. The average Bonchev–Trinajstić information content (AvgIpc) is 2.94. The predicted octanol–water partition coefficient (Wildman–Crippen LogP) is 3.54. The van der Waals surface area contributed by atoms with Crippen LogP contribution in [0.5, 0.6) is 0 Å². The molecular formula is C13H11ClN2O. The van der Waals surface area contributed by atoms with Crippen molar-refractivity contribution in [2.75, 3.05) is 0 Å². The molecule has 2 heterocycles. The monoisotopic (exact) mass is 246 g/mol. The van der Waals surface area contributed by atoms with Crippen LogP contribution in [0.1, 0.15) is 5.56 Å². The number of aromatic amines is 1. The fourth-order valence-corrected chi connectivity index (χ4v) is 2.24. The number of halogens is 1. The van der Waals surface area contributed by atoms with Crippen molar-refractivity contribution in [3.63, 3.8) is 0 Å². The molecule has 17 heavy (non-hydrogen) atoms. The molecule has 1 aromatic carbocycles. The summed E-state index contributed by atoms with van der Waals surface area (Å²) in [7, 11) is 0. The lowest BCUT2D eigenvalue weighted by Gasteiger charge is -1.98. The summed E-state index contributed by atoms with van der Waals surface area (Å²) in [5.74, 6) is 0.790. The Balaban J connectivity index is 2.32. The second-order valence-electron chi connectivity index (χ2n) is 3.85. The third kappa shape index (κ3) is 1.64. The lowest BCUT2D eigenvalue weighted by Crippen LogP contribution is -1.96. The van der Waals surface area contributed by atoms with Crippen LogP contribution in [0.25, 0.3) is 22.4 Å². The minimum absolute atomic E-state index is 0.441. The highest BCUT2D eigenvalue weighted by atomic mass is 35.5. The molecule has 0 aliphatic rings. The Hall–Kier alpha value is -1.71. The molecule has 0 saturated heterocycles. The van der Waals surface area contributed by atoms with Gasteiger partial charge in [-0.3, -0.25) is 0 Å².